The van der Waals surface area contributed by atoms with Gasteiger partial charge in [0.05, 0.1) is 23.1 Å². The molecule has 6 rings (SSSR count). The van der Waals surface area contributed by atoms with E-state index in [0.29, 0.717) is 17.0 Å². The first kappa shape index (κ1) is 18.1. The molecule has 2 amide bonds. The number of esters is 1. The lowest BCUT2D eigenvalue weighted by Crippen LogP contribution is -2.32. The van der Waals surface area contributed by atoms with Gasteiger partial charge in [-0.15, -0.1) is 0 Å². The Bertz CT molecular complexity index is 1240. The van der Waals surface area contributed by atoms with E-state index in [1.807, 2.05) is 36.4 Å². The highest BCUT2D eigenvalue weighted by Gasteiger charge is 2.59. The van der Waals surface area contributed by atoms with Crippen molar-refractivity contribution in [1.82, 2.24) is 0 Å². The molecule has 152 valence electrons. The van der Waals surface area contributed by atoms with Crippen molar-refractivity contribution >= 4 is 34.2 Å². The molecular formula is C26H19NO4. The maximum Gasteiger partial charge on any atom is 0.343 e. The van der Waals surface area contributed by atoms with Crippen LogP contribution in [0.15, 0.2) is 78.9 Å². The molecule has 3 aliphatic rings. The van der Waals surface area contributed by atoms with E-state index in [4.69, 9.17) is 4.74 Å². The molecule has 3 aromatic carbocycles. The van der Waals surface area contributed by atoms with Crippen LogP contribution in [0.4, 0.5) is 5.69 Å². The average Bonchev–Trinajstić information content (AvgIpc) is 3.48. The van der Waals surface area contributed by atoms with Gasteiger partial charge in [0.15, 0.2) is 0 Å². The van der Waals surface area contributed by atoms with E-state index >= 15 is 0 Å². The minimum Gasteiger partial charge on any atom is -0.422 e. The first-order valence-electron chi connectivity index (χ1n) is 10.5. The molecule has 0 N–H and O–H groups in total. The second-order valence-corrected chi connectivity index (χ2v) is 8.43. The summed E-state index contributed by atoms with van der Waals surface area (Å²) in [5.74, 6) is -0.375. The SMILES string of the molecule is O=C(Oc1cccc2ccccc12)c1ccc(N2C(=O)[C@H]3[C@H](C2=O)[C@H]2C=C[C@@H]3C2)cc1. The zero-order valence-electron chi connectivity index (χ0n) is 16.6. The van der Waals surface area contributed by atoms with Gasteiger partial charge in [0.1, 0.15) is 5.75 Å². The molecule has 1 saturated heterocycles. The fraction of sp³-hybridized carbons (Fsp3) is 0.192. The molecular weight excluding hydrogens is 390 g/mol. The molecule has 5 nitrogen and oxygen atoms in total. The third-order valence-electron chi connectivity index (χ3n) is 6.78. The minimum atomic E-state index is -0.485. The summed E-state index contributed by atoms with van der Waals surface area (Å²) in [6.45, 7) is 0. The quantitative estimate of drug-likeness (QED) is 0.279. The average molecular weight is 409 g/mol. The van der Waals surface area contributed by atoms with Crippen LogP contribution >= 0.6 is 0 Å². The molecule has 2 aliphatic carbocycles. The number of imide groups is 1. The molecule has 1 aliphatic heterocycles. The van der Waals surface area contributed by atoms with Crippen LogP contribution in [0.2, 0.25) is 0 Å². The van der Waals surface area contributed by atoms with Gasteiger partial charge < -0.3 is 4.74 Å². The molecule has 0 spiro atoms. The Morgan fingerprint density at radius 2 is 1.45 bits per heavy atom. The van der Waals surface area contributed by atoms with E-state index in [1.165, 1.54) is 4.90 Å². The summed E-state index contributed by atoms with van der Waals surface area (Å²) in [4.78, 5) is 39.9. The van der Waals surface area contributed by atoms with E-state index in [9.17, 15) is 14.4 Å². The molecule has 0 aromatic heterocycles. The van der Waals surface area contributed by atoms with E-state index in [0.717, 1.165) is 17.2 Å². The van der Waals surface area contributed by atoms with Gasteiger partial charge in [-0.05, 0) is 54.0 Å². The van der Waals surface area contributed by atoms with Crippen LogP contribution in [0, 0.1) is 23.7 Å². The maximum atomic E-state index is 13.0. The highest BCUT2D eigenvalue weighted by Crippen LogP contribution is 2.53. The van der Waals surface area contributed by atoms with Gasteiger partial charge in [-0.3, -0.25) is 14.5 Å². The topological polar surface area (TPSA) is 63.7 Å². The smallest absolute Gasteiger partial charge is 0.343 e. The van der Waals surface area contributed by atoms with Crippen LogP contribution < -0.4 is 9.64 Å². The van der Waals surface area contributed by atoms with E-state index in [-0.39, 0.29) is 35.5 Å². The number of amides is 2. The van der Waals surface area contributed by atoms with Crippen molar-refractivity contribution in [2.24, 2.45) is 23.7 Å². The Hall–Kier alpha value is -3.73. The number of hydrogen-bond donors (Lipinski definition) is 0. The number of fused-ring (bicyclic) bond motifs is 6. The van der Waals surface area contributed by atoms with Crippen molar-refractivity contribution in [3.63, 3.8) is 0 Å². The summed E-state index contributed by atoms with van der Waals surface area (Å²) in [6, 6.07) is 19.8. The van der Waals surface area contributed by atoms with Crippen molar-refractivity contribution in [1.29, 1.82) is 0 Å². The van der Waals surface area contributed by atoms with Gasteiger partial charge in [0, 0.05) is 5.39 Å². The molecule has 0 unspecified atom stereocenters. The number of carbonyl (C=O) groups is 3. The lowest BCUT2D eigenvalue weighted by Gasteiger charge is -2.17. The fourth-order valence-corrected chi connectivity index (χ4v) is 5.35. The standard InChI is InChI=1S/C26H19NO4/c28-24-22-17-8-9-18(14-17)23(22)25(29)27(24)19-12-10-16(11-13-19)26(30)31-21-7-3-5-15-4-1-2-6-20(15)21/h1-13,17-18,22-23H,14H2/t17-,18+,22-,23-/m1/s1. The lowest BCUT2D eigenvalue weighted by atomic mass is 9.85. The number of carbonyl (C=O) groups excluding carboxylic acids is 3. The molecule has 1 saturated carbocycles. The number of nitrogens with zero attached hydrogens (tertiary/aromatic N) is 1. The van der Waals surface area contributed by atoms with Gasteiger partial charge >= 0.3 is 5.97 Å². The number of rotatable bonds is 3. The van der Waals surface area contributed by atoms with Gasteiger partial charge in [-0.1, -0.05) is 48.6 Å². The van der Waals surface area contributed by atoms with Crippen LogP contribution in [0.25, 0.3) is 10.8 Å². The minimum absolute atomic E-state index is 0.127. The summed E-state index contributed by atoms with van der Waals surface area (Å²) < 4.78 is 5.62. The summed E-state index contributed by atoms with van der Waals surface area (Å²) in [5.41, 5.74) is 0.864. The van der Waals surface area contributed by atoms with Gasteiger partial charge in [0.25, 0.3) is 0 Å². The molecule has 4 atom stereocenters. The predicted molar refractivity (Wildman–Crippen MR) is 116 cm³/mol. The molecule has 2 fully saturated rings. The third kappa shape index (κ3) is 2.66. The zero-order valence-corrected chi connectivity index (χ0v) is 16.6. The maximum absolute atomic E-state index is 13.0. The Morgan fingerprint density at radius 1 is 0.806 bits per heavy atom. The fourth-order valence-electron chi connectivity index (χ4n) is 5.35. The van der Waals surface area contributed by atoms with Crippen molar-refractivity contribution in [3.05, 3.63) is 84.4 Å². The van der Waals surface area contributed by atoms with Crippen LogP contribution in [0.3, 0.4) is 0 Å². The van der Waals surface area contributed by atoms with Crippen LogP contribution in [0.1, 0.15) is 16.8 Å². The summed E-state index contributed by atoms with van der Waals surface area (Å²) >= 11 is 0. The highest BCUT2D eigenvalue weighted by molar-refractivity contribution is 6.22. The van der Waals surface area contributed by atoms with Crippen molar-refractivity contribution in [3.8, 4) is 5.75 Å². The molecule has 31 heavy (non-hydrogen) atoms. The van der Waals surface area contributed by atoms with Crippen molar-refractivity contribution in [2.45, 2.75) is 6.42 Å². The number of benzene rings is 3. The monoisotopic (exact) mass is 409 g/mol. The molecule has 1 heterocycles. The van der Waals surface area contributed by atoms with Gasteiger partial charge in [-0.25, -0.2) is 4.79 Å². The van der Waals surface area contributed by atoms with Crippen molar-refractivity contribution < 1.29 is 19.1 Å². The van der Waals surface area contributed by atoms with Crippen molar-refractivity contribution in [2.75, 3.05) is 4.90 Å². The first-order chi connectivity index (χ1) is 15.1. The van der Waals surface area contributed by atoms with Gasteiger partial charge in [0.2, 0.25) is 11.8 Å². The molecule has 2 bridgehead atoms. The summed E-state index contributed by atoms with van der Waals surface area (Å²) in [6.07, 6.45) is 5.05. The summed E-state index contributed by atoms with van der Waals surface area (Å²) in [7, 11) is 0. The van der Waals surface area contributed by atoms with Crippen LogP contribution in [0.5, 0.6) is 5.75 Å². The third-order valence-corrected chi connectivity index (χ3v) is 6.78. The molecule has 5 heteroatoms. The largest absolute Gasteiger partial charge is 0.422 e. The Morgan fingerprint density at radius 3 is 2.16 bits per heavy atom. The normalized spacial score (nSPS) is 26.0. The Kier molecular flexibility index (Phi) is 3.87. The Labute approximate surface area is 178 Å². The number of hydrogen-bond acceptors (Lipinski definition) is 4. The lowest BCUT2D eigenvalue weighted by molar-refractivity contribution is -0.123. The van der Waals surface area contributed by atoms with E-state index in [1.54, 1.807) is 30.3 Å². The van der Waals surface area contributed by atoms with E-state index < -0.39 is 5.97 Å². The second kappa shape index (κ2) is 6.64. The number of allylic oxidation sites excluding steroid dienone is 2. The van der Waals surface area contributed by atoms with Crippen LogP contribution in [-0.2, 0) is 9.59 Å². The van der Waals surface area contributed by atoms with Gasteiger partial charge in [-0.2, -0.15) is 0 Å². The molecule has 3 aromatic rings. The van der Waals surface area contributed by atoms with E-state index in [2.05, 4.69) is 12.2 Å². The summed E-state index contributed by atoms with van der Waals surface area (Å²) in [5, 5.41) is 1.85. The highest BCUT2D eigenvalue weighted by atomic mass is 16.5. The zero-order chi connectivity index (χ0) is 21.1. The first-order valence-corrected chi connectivity index (χ1v) is 10.5. The number of ether oxygens (including phenoxy) is 1. The molecule has 0 radical (unpaired) electrons. The second-order valence-electron chi connectivity index (χ2n) is 8.43. The number of anilines is 1. The van der Waals surface area contributed by atoms with Crippen LogP contribution in [-0.4, -0.2) is 17.8 Å². The Balaban J connectivity index is 1.24. The predicted octanol–water partition coefficient (Wildman–Crippen LogP) is 4.37.